The number of hydrogen-bond acceptors (Lipinski definition) is 4. The van der Waals surface area contributed by atoms with E-state index in [0.29, 0.717) is 11.4 Å². The maximum atomic E-state index is 8.81. The molecule has 96 valence electrons. The average Bonchev–Trinajstić information content (AvgIpc) is 2.28. The highest BCUT2D eigenvalue weighted by molar-refractivity contribution is 5.62. The number of nitrogens with zero attached hydrogens (tertiary/aromatic N) is 1. The van der Waals surface area contributed by atoms with Crippen LogP contribution in [0.5, 0.6) is 5.75 Å². The minimum Gasteiger partial charge on any atom is -0.489 e. The zero-order chi connectivity index (χ0) is 12.8. The first-order valence-corrected chi connectivity index (χ1v) is 5.92. The number of benzene rings is 1. The Labute approximate surface area is 103 Å². The van der Waals surface area contributed by atoms with Crippen LogP contribution < -0.4 is 15.4 Å². The van der Waals surface area contributed by atoms with E-state index in [2.05, 4.69) is 4.90 Å². The summed E-state index contributed by atoms with van der Waals surface area (Å²) in [6.07, 6.45) is 0.858. The summed E-state index contributed by atoms with van der Waals surface area (Å²) in [7, 11) is 1.99. The molecule has 4 heteroatoms. The fraction of sp³-hybridized carbons (Fsp3) is 0.538. The topological polar surface area (TPSA) is 58.7 Å². The standard InChI is InChI=1S/C13H22N2O2/c1-10(2)17-13-9-11(5-6-12(13)14)15(3)7-4-8-16/h5-6,9-10,16H,4,7-8,14H2,1-3H3. The van der Waals surface area contributed by atoms with E-state index in [9.17, 15) is 0 Å². The van der Waals surface area contributed by atoms with E-state index >= 15 is 0 Å². The van der Waals surface area contributed by atoms with Gasteiger partial charge in [0.05, 0.1) is 11.8 Å². The molecule has 1 aromatic rings. The van der Waals surface area contributed by atoms with Crippen molar-refractivity contribution >= 4 is 11.4 Å². The first-order valence-electron chi connectivity index (χ1n) is 5.92. The Kier molecular flexibility index (Phi) is 5.10. The highest BCUT2D eigenvalue weighted by Gasteiger charge is 2.07. The number of hydrogen-bond donors (Lipinski definition) is 2. The Morgan fingerprint density at radius 3 is 2.71 bits per heavy atom. The van der Waals surface area contributed by atoms with Crippen LogP contribution in [0.4, 0.5) is 11.4 Å². The van der Waals surface area contributed by atoms with Gasteiger partial charge in [-0.05, 0) is 32.4 Å². The Morgan fingerprint density at radius 2 is 2.12 bits per heavy atom. The molecule has 1 aromatic carbocycles. The van der Waals surface area contributed by atoms with E-state index < -0.39 is 0 Å². The first-order chi connectivity index (χ1) is 8.04. The summed E-state index contributed by atoms with van der Waals surface area (Å²) in [4.78, 5) is 2.07. The van der Waals surface area contributed by atoms with Crippen molar-refractivity contribution < 1.29 is 9.84 Å². The van der Waals surface area contributed by atoms with Gasteiger partial charge in [0.15, 0.2) is 0 Å². The monoisotopic (exact) mass is 238 g/mol. The lowest BCUT2D eigenvalue weighted by atomic mass is 10.2. The Balaban J connectivity index is 2.80. The van der Waals surface area contributed by atoms with E-state index in [1.807, 2.05) is 39.1 Å². The van der Waals surface area contributed by atoms with Gasteiger partial charge in [-0.15, -0.1) is 0 Å². The molecule has 0 aliphatic rings. The van der Waals surface area contributed by atoms with Crippen LogP contribution in [0.2, 0.25) is 0 Å². The molecule has 0 aromatic heterocycles. The smallest absolute Gasteiger partial charge is 0.144 e. The molecule has 0 radical (unpaired) electrons. The fourth-order valence-corrected chi connectivity index (χ4v) is 1.55. The molecule has 4 nitrogen and oxygen atoms in total. The molecule has 0 bridgehead atoms. The lowest BCUT2D eigenvalue weighted by Crippen LogP contribution is -2.19. The summed E-state index contributed by atoms with van der Waals surface area (Å²) in [6.45, 7) is 4.96. The number of ether oxygens (including phenoxy) is 1. The molecule has 0 fully saturated rings. The number of anilines is 2. The lowest BCUT2D eigenvalue weighted by Gasteiger charge is -2.21. The van der Waals surface area contributed by atoms with Crippen LogP contribution >= 0.6 is 0 Å². The molecule has 1 rings (SSSR count). The summed E-state index contributed by atoms with van der Waals surface area (Å²) in [5, 5.41) is 8.81. The van der Waals surface area contributed by atoms with Gasteiger partial charge in [-0.3, -0.25) is 0 Å². The fourth-order valence-electron chi connectivity index (χ4n) is 1.55. The van der Waals surface area contributed by atoms with E-state index in [1.54, 1.807) is 0 Å². The largest absolute Gasteiger partial charge is 0.489 e. The predicted molar refractivity (Wildman–Crippen MR) is 71.6 cm³/mol. The maximum Gasteiger partial charge on any atom is 0.144 e. The van der Waals surface area contributed by atoms with Crippen molar-refractivity contribution in [2.24, 2.45) is 0 Å². The molecule has 0 aliphatic heterocycles. The quantitative estimate of drug-likeness (QED) is 0.743. The van der Waals surface area contributed by atoms with Crippen LogP contribution in [-0.4, -0.2) is 31.4 Å². The van der Waals surface area contributed by atoms with Gasteiger partial charge in [-0.25, -0.2) is 0 Å². The summed E-state index contributed by atoms with van der Waals surface area (Å²) in [5.41, 5.74) is 7.55. The van der Waals surface area contributed by atoms with Gasteiger partial charge in [0.2, 0.25) is 0 Å². The zero-order valence-corrected chi connectivity index (χ0v) is 10.8. The van der Waals surface area contributed by atoms with E-state index in [1.165, 1.54) is 0 Å². The van der Waals surface area contributed by atoms with Gasteiger partial charge in [-0.1, -0.05) is 0 Å². The maximum absolute atomic E-state index is 8.81. The molecule has 0 saturated carbocycles. The van der Waals surface area contributed by atoms with Gasteiger partial charge in [-0.2, -0.15) is 0 Å². The Hall–Kier alpha value is -1.42. The van der Waals surface area contributed by atoms with Gasteiger partial charge in [0.1, 0.15) is 5.75 Å². The second-order valence-corrected chi connectivity index (χ2v) is 4.39. The number of nitrogens with two attached hydrogens (primary N) is 1. The van der Waals surface area contributed by atoms with Crippen molar-refractivity contribution in [1.82, 2.24) is 0 Å². The Bertz CT molecular complexity index is 353. The molecule has 0 heterocycles. The third kappa shape index (κ3) is 4.15. The molecule has 0 unspecified atom stereocenters. The van der Waals surface area contributed by atoms with Gasteiger partial charge in [0, 0.05) is 32.0 Å². The summed E-state index contributed by atoms with van der Waals surface area (Å²) < 4.78 is 5.64. The summed E-state index contributed by atoms with van der Waals surface area (Å²) >= 11 is 0. The molecule has 0 aliphatic carbocycles. The molecule has 0 spiro atoms. The van der Waals surface area contributed by atoms with Crippen molar-refractivity contribution in [2.75, 3.05) is 30.8 Å². The molecular weight excluding hydrogens is 216 g/mol. The van der Waals surface area contributed by atoms with Crippen molar-refractivity contribution in [3.8, 4) is 5.75 Å². The van der Waals surface area contributed by atoms with Crippen molar-refractivity contribution in [3.05, 3.63) is 18.2 Å². The number of nitrogen functional groups attached to an aromatic ring is 1. The van der Waals surface area contributed by atoms with Crippen molar-refractivity contribution in [1.29, 1.82) is 0 Å². The van der Waals surface area contributed by atoms with Crippen LogP contribution in [0.1, 0.15) is 20.3 Å². The lowest BCUT2D eigenvalue weighted by molar-refractivity contribution is 0.244. The van der Waals surface area contributed by atoms with Crippen molar-refractivity contribution in [3.63, 3.8) is 0 Å². The van der Waals surface area contributed by atoms with E-state index in [-0.39, 0.29) is 12.7 Å². The molecule has 3 N–H and O–H groups in total. The first kappa shape index (κ1) is 13.6. The van der Waals surface area contributed by atoms with Gasteiger partial charge in [0.25, 0.3) is 0 Å². The molecular formula is C13H22N2O2. The third-order valence-electron chi connectivity index (χ3n) is 2.45. The minimum atomic E-state index is 0.107. The minimum absolute atomic E-state index is 0.107. The van der Waals surface area contributed by atoms with Crippen LogP contribution in [0, 0.1) is 0 Å². The van der Waals surface area contributed by atoms with Gasteiger partial charge >= 0.3 is 0 Å². The molecule has 0 atom stereocenters. The van der Waals surface area contributed by atoms with E-state index in [0.717, 1.165) is 18.7 Å². The van der Waals surface area contributed by atoms with Crippen LogP contribution in [-0.2, 0) is 0 Å². The number of aliphatic hydroxyl groups is 1. The van der Waals surface area contributed by atoms with E-state index in [4.69, 9.17) is 15.6 Å². The van der Waals surface area contributed by atoms with Gasteiger partial charge < -0.3 is 20.5 Å². The second-order valence-electron chi connectivity index (χ2n) is 4.39. The van der Waals surface area contributed by atoms with Crippen molar-refractivity contribution in [2.45, 2.75) is 26.4 Å². The molecule has 0 saturated heterocycles. The average molecular weight is 238 g/mol. The molecule has 17 heavy (non-hydrogen) atoms. The number of aliphatic hydroxyl groups excluding tert-OH is 1. The zero-order valence-electron chi connectivity index (χ0n) is 10.8. The van der Waals surface area contributed by atoms with Crippen LogP contribution in [0.15, 0.2) is 18.2 Å². The summed E-state index contributed by atoms with van der Waals surface area (Å²) in [6, 6.07) is 5.75. The summed E-state index contributed by atoms with van der Waals surface area (Å²) in [5.74, 6) is 0.716. The normalized spacial score (nSPS) is 10.6. The predicted octanol–water partition coefficient (Wildman–Crippen LogP) is 1.87. The number of rotatable bonds is 6. The van der Waals surface area contributed by atoms with Crippen LogP contribution in [0.3, 0.4) is 0 Å². The molecule has 0 amide bonds. The third-order valence-corrected chi connectivity index (χ3v) is 2.45. The highest BCUT2D eigenvalue weighted by Crippen LogP contribution is 2.28. The second kappa shape index (κ2) is 6.35. The SMILES string of the molecule is CC(C)Oc1cc(N(C)CCCO)ccc1N. The highest BCUT2D eigenvalue weighted by atomic mass is 16.5. The van der Waals surface area contributed by atoms with Crippen LogP contribution in [0.25, 0.3) is 0 Å². The Morgan fingerprint density at radius 1 is 1.41 bits per heavy atom.